The van der Waals surface area contributed by atoms with Crippen molar-refractivity contribution in [3.05, 3.63) is 28.2 Å². The summed E-state index contributed by atoms with van der Waals surface area (Å²) in [6, 6.07) is 5.57. The second-order valence-corrected chi connectivity index (χ2v) is 5.40. The Kier molecular flexibility index (Phi) is 4.35. The molecule has 0 spiro atoms. The van der Waals surface area contributed by atoms with Gasteiger partial charge in [-0.05, 0) is 18.2 Å². The van der Waals surface area contributed by atoms with Crippen molar-refractivity contribution in [2.24, 2.45) is 11.1 Å². The Morgan fingerprint density at radius 2 is 2.12 bits per heavy atom. The molecule has 3 nitrogen and oxygen atoms in total. The summed E-state index contributed by atoms with van der Waals surface area (Å²) in [7, 11) is 1.59. The highest BCUT2D eigenvalue weighted by molar-refractivity contribution is 9.10. The molecule has 16 heavy (non-hydrogen) atoms. The first-order valence-electron chi connectivity index (χ1n) is 5.14. The summed E-state index contributed by atoms with van der Waals surface area (Å²) < 4.78 is 6.15. The van der Waals surface area contributed by atoms with Gasteiger partial charge < -0.3 is 15.6 Å². The van der Waals surface area contributed by atoms with Crippen molar-refractivity contribution in [1.29, 1.82) is 0 Å². The van der Waals surface area contributed by atoms with E-state index in [0.717, 1.165) is 10.0 Å². The SMILES string of the molecule is COc1ccc(Br)cc1C(O)C(C)(C)CN. The van der Waals surface area contributed by atoms with E-state index in [0.29, 0.717) is 12.3 Å². The molecule has 1 unspecified atom stereocenters. The highest BCUT2D eigenvalue weighted by Crippen LogP contribution is 2.38. The van der Waals surface area contributed by atoms with Crippen molar-refractivity contribution >= 4 is 15.9 Å². The molecule has 0 radical (unpaired) electrons. The van der Waals surface area contributed by atoms with E-state index in [-0.39, 0.29) is 5.41 Å². The van der Waals surface area contributed by atoms with Gasteiger partial charge in [0.25, 0.3) is 0 Å². The molecule has 90 valence electrons. The molecule has 1 atom stereocenters. The highest BCUT2D eigenvalue weighted by Gasteiger charge is 2.29. The van der Waals surface area contributed by atoms with Crippen molar-refractivity contribution in [1.82, 2.24) is 0 Å². The molecule has 1 aromatic rings. The third-order valence-electron chi connectivity index (χ3n) is 2.75. The number of benzene rings is 1. The first-order chi connectivity index (χ1) is 7.42. The maximum absolute atomic E-state index is 10.3. The summed E-state index contributed by atoms with van der Waals surface area (Å²) in [5, 5.41) is 10.3. The van der Waals surface area contributed by atoms with E-state index in [1.807, 2.05) is 32.0 Å². The molecule has 0 saturated carbocycles. The summed E-state index contributed by atoms with van der Waals surface area (Å²) in [5.74, 6) is 0.678. The minimum absolute atomic E-state index is 0.381. The number of aliphatic hydroxyl groups is 1. The van der Waals surface area contributed by atoms with Crippen molar-refractivity contribution in [2.45, 2.75) is 20.0 Å². The van der Waals surface area contributed by atoms with Crippen LogP contribution in [-0.4, -0.2) is 18.8 Å². The third-order valence-corrected chi connectivity index (χ3v) is 3.25. The minimum Gasteiger partial charge on any atom is -0.496 e. The molecule has 0 bridgehead atoms. The lowest BCUT2D eigenvalue weighted by Gasteiger charge is -2.30. The van der Waals surface area contributed by atoms with Crippen molar-refractivity contribution in [3.63, 3.8) is 0 Å². The topological polar surface area (TPSA) is 55.5 Å². The zero-order chi connectivity index (χ0) is 12.3. The van der Waals surface area contributed by atoms with Gasteiger partial charge in [0.1, 0.15) is 5.75 Å². The molecular formula is C12H18BrNO2. The summed E-state index contributed by atoms with van der Waals surface area (Å²) in [4.78, 5) is 0. The molecule has 1 rings (SSSR count). The molecule has 0 aliphatic rings. The minimum atomic E-state index is -0.648. The van der Waals surface area contributed by atoms with Crippen LogP contribution in [-0.2, 0) is 0 Å². The summed E-state index contributed by atoms with van der Waals surface area (Å²) in [6.45, 7) is 4.26. The maximum atomic E-state index is 10.3. The molecule has 0 aromatic heterocycles. The lowest BCUT2D eigenvalue weighted by atomic mass is 9.82. The van der Waals surface area contributed by atoms with E-state index in [4.69, 9.17) is 10.5 Å². The van der Waals surface area contributed by atoms with E-state index < -0.39 is 6.10 Å². The predicted molar refractivity (Wildman–Crippen MR) is 68.5 cm³/mol. The van der Waals surface area contributed by atoms with Gasteiger partial charge in [0.15, 0.2) is 0 Å². The summed E-state index contributed by atoms with van der Waals surface area (Å²) in [6.07, 6.45) is -0.648. The fourth-order valence-corrected chi connectivity index (χ4v) is 1.83. The molecule has 0 amide bonds. The van der Waals surface area contributed by atoms with Crippen LogP contribution >= 0.6 is 15.9 Å². The smallest absolute Gasteiger partial charge is 0.124 e. The van der Waals surface area contributed by atoms with Gasteiger partial charge in [0, 0.05) is 22.0 Å². The van der Waals surface area contributed by atoms with Gasteiger partial charge in [-0.15, -0.1) is 0 Å². The van der Waals surface area contributed by atoms with Crippen LogP contribution in [0.2, 0.25) is 0 Å². The fraction of sp³-hybridized carbons (Fsp3) is 0.500. The quantitative estimate of drug-likeness (QED) is 0.895. The standard InChI is InChI=1S/C12H18BrNO2/c1-12(2,7-14)11(15)9-6-8(13)4-5-10(9)16-3/h4-6,11,15H,7,14H2,1-3H3. The van der Waals surface area contributed by atoms with Gasteiger partial charge in [0.05, 0.1) is 13.2 Å². The van der Waals surface area contributed by atoms with Crippen LogP contribution in [0.15, 0.2) is 22.7 Å². The van der Waals surface area contributed by atoms with Gasteiger partial charge in [-0.25, -0.2) is 0 Å². The first-order valence-corrected chi connectivity index (χ1v) is 5.93. The molecular weight excluding hydrogens is 270 g/mol. The van der Waals surface area contributed by atoms with Crippen LogP contribution in [0, 0.1) is 5.41 Å². The Labute approximate surface area is 105 Å². The molecule has 0 aliphatic heterocycles. The van der Waals surface area contributed by atoms with Crippen LogP contribution in [0.1, 0.15) is 25.5 Å². The predicted octanol–water partition coefficient (Wildman–Crippen LogP) is 2.48. The first kappa shape index (κ1) is 13.5. The average Bonchev–Trinajstić information content (AvgIpc) is 2.28. The summed E-state index contributed by atoms with van der Waals surface area (Å²) >= 11 is 3.38. The van der Waals surface area contributed by atoms with E-state index >= 15 is 0 Å². The Hall–Kier alpha value is -0.580. The monoisotopic (exact) mass is 287 g/mol. The Balaban J connectivity index is 3.16. The number of hydrogen-bond acceptors (Lipinski definition) is 3. The number of rotatable bonds is 4. The Morgan fingerprint density at radius 3 is 2.62 bits per heavy atom. The second-order valence-electron chi connectivity index (χ2n) is 4.48. The normalized spacial score (nSPS) is 13.6. The molecule has 4 heteroatoms. The average molecular weight is 288 g/mol. The van der Waals surface area contributed by atoms with Gasteiger partial charge in [-0.2, -0.15) is 0 Å². The lowest BCUT2D eigenvalue weighted by molar-refractivity contribution is 0.0533. The summed E-state index contributed by atoms with van der Waals surface area (Å²) in [5.41, 5.74) is 6.04. The number of halogens is 1. The van der Waals surface area contributed by atoms with Gasteiger partial charge in [-0.1, -0.05) is 29.8 Å². The Bertz CT molecular complexity index is 366. The Morgan fingerprint density at radius 1 is 1.50 bits per heavy atom. The van der Waals surface area contributed by atoms with E-state index in [2.05, 4.69) is 15.9 Å². The van der Waals surface area contributed by atoms with E-state index in [9.17, 15) is 5.11 Å². The maximum Gasteiger partial charge on any atom is 0.124 e. The molecule has 0 fully saturated rings. The molecule has 3 N–H and O–H groups in total. The highest BCUT2D eigenvalue weighted by atomic mass is 79.9. The number of aliphatic hydroxyl groups excluding tert-OH is 1. The number of methoxy groups -OCH3 is 1. The van der Waals surface area contributed by atoms with Crippen LogP contribution in [0.5, 0.6) is 5.75 Å². The van der Waals surface area contributed by atoms with Crippen LogP contribution in [0.25, 0.3) is 0 Å². The molecule has 1 aromatic carbocycles. The van der Waals surface area contributed by atoms with E-state index in [1.165, 1.54) is 0 Å². The van der Waals surface area contributed by atoms with Crippen LogP contribution < -0.4 is 10.5 Å². The molecule has 0 saturated heterocycles. The zero-order valence-corrected chi connectivity index (χ0v) is 11.4. The van der Waals surface area contributed by atoms with E-state index in [1.54, 1.807) is 7.11 Å². The second kappa shape index (κ2) is 5.17. The third kappa shape index (κ3) is 2.75. The largest absolute Gasteiger partial charge is 0.496 e. The molecule has 0 heterocycles. The van der Waals surface area contributed by atoms with Gasteiger partial charge in [-0.3, -0.25) is 0 Å². The van der Waals surface area contributed by atoms with Gasteiger partial charge >= 0.3 is 0 Å². The molecule has 0 aliphatic carbocycles. The van der Waals surface area contributed by atoms with Crippen LogP contribution in [0.4, 0.5) is 0 Å². The number of nitrogens with two attached hydrogens (primary N) is 1. The van der Waals surface area contributed by atoms with Crippen molar-refractivity contribution < 1.29 is 9.84 Å². The van der Waals surface area contributed by atoms with Crippen LogP contribution in [0.3, 0.4) is 0 Å². The number of hydrogen-bond donors (Lipinski definition) is 2. The zero-order valence-electron chi connectivity index (χ0n) is 9.83. The van der Waals surface area contributed by atoms with Crippen molar-refractivity contribution in [2.75, 3.05) is 13.7 Å². The number of ether oxygens (including phenoxy) is 1. The van der Waals surface area contributed by atoms with Gasteiger partial charge in [0.2, 0.25) is 0 Å². The lowest BCUT2D eigenvalue weighted by Crippen LogP contribution is -2.31. The van der Waals surface area contributed by atoms with Crippen molar-refractivity contribution in [3.8, 4) is 5.75 Å². The fourth-order valence-electron chi connectivity index (χ4n) is 1.45.